The van der Waals surface area contributed by atoms with E-state index in [0.29, 0.717) is 19.8 Å². The van der Waals surface area contributed by atoms with Gasteiger partial charge in [0.05, 0.1) is 13.2 Å². The van der Waals surface area contributed by atoms with Crippen LogP contribution < -0.4 is 5.32 Å². The minimum absolute atomic E-state index is 0.374. The molecule has 0 aromatic carbocycles. The van der Waals surface area contributed by atoms with Crippen molar-refractivity contribution >= 4 is 6.09 Å². The summed E-state index contributed by atoms with van der Waals surface area (Å²) in [4.78, 5) is 10.7. The SMILES string of the molecule is CC.CCCCOCCNC(=O)OCC. The van der Waals surface area contributed by atoms with E-state index in [1.807, 2.05) is 13.8 Å². The first-order valence-electron chi connectivity index (χ1n) is 5.79. The smallest absolute Gasteiger partial charge is 0.407 e. The Balaban J connectivity index is 0. The summed E-state index contributed by atoms with van der Waals surface area (Å²) in [7, 11) is 0. The third-order valence-corrected chi connectivity index (χ3v) is 1.43. The predicted octanol–water partition coefficient (Wildman–Crippen LogP) is 2.58. The van der Waals surface area contributed by atoms with Crippen LogP contribution in [0.4, 0.5) is 4.79 Å². The van der Waals surface area contributed by atoms with Crippen molar-refractivity contribution in [1.29, 1.82) is 0 Å². The molecular weight excluding hydrogens is 194 g/mol. The van der Waals surface area contributed by atoms with Gasteiger partial charge in [-0.3, -0.25) is 0 Å². The van der Waals surface area contributed by atoms with Gasteiger partial charge in [0.15, 0.2) is 0 Å². The summed E-state index contributed by atoms with van der Waals surface area (Å²) < 4.78 is 9.90. The van der Waals surface area contributed by atoms with Gasteiger partial charge in [-0.15, -0.1) is 0 Å². The van der Waals surface area contributed by atoms with Crippen molar-refractivity contribution in [1.82, 2.24) is 5.32 Å². The molecule has 0 aliphatic heterocycles. The van der Waals surface area contributed by atoms with Gasteiger partial charge in [-0.25, -0.2) is 4.79 Å². The van der Waals surface area contributed by atoms with Crippen LogP contribution in [0.15, 0.2) is 0 Å². The topological polar surface area (TPSA) is 47.6 Å². The molecule has 0 saturated carbocycles. The molecule has 0 atom stereocenters. The Bertz CT molecular complexity index is 129. The second kappa shape index (κ2) is 15.7. The summed E-state index contributed by atoms with van der Waals surface area (Å²) in [5, 5.41) is 2.57. The summed E-state index contributed by atoms with van der Waals surface area (Å²) in [5.74, 6) is 0. The molecule has 0 saturated heterocycles. The molecular formula is C11H25NO3. The summed E-state index contributed by atoms with van der Waals surface area (Å²) in [6.45, 7) is 10.1. The molecule has 4 heteroatoms. The van der Waals surface area contributed by atoms with Crippen molar-refractivity contribution in [3.63, 3.8) is 0 Å². The van der Waals surface area contributed by atoms with Crippen LogP contribution in [-0.2, 0) is 9.47 Å². The summed E-state index contributed by atoms with van der Waals surface area (Å²) in [6.07, 6.45) is 1.83. The number of carbonyl (C=O) groups excluding carboxylic acids is 1. The number of nitrogens with one attached hydrogen (secondary N) is 1. The number of rotatable bonds is 7. The van der Waals surface area contributed by atoms with Gasteiger partial charge in [0.1, 0.15) is 0 Å². The van der Waals surface area contributed by atoms with E-state index in [1.165, 1.54) is 0 Å². The first kappa shape index (κ1) is 16.7. The number of hydrogen-bond donors (Lipinski definition) is 1. The number of ether oxygens (including phenoxy) is 2. The van der Waals surface area contributed by atoms with E-state index in [9.17, 15) is 4.79 Å². The Hall–Kier alpha value is -0.770. The van der Waals surface area contributed by atoms with Gasteiger partial charge >= 0.3 is 6.09 Å². The van der Waals surface area contributed by atoms with Gasteiger partial charge in [-0.2, -0.15) is 0 Å². The summed E-state index contributed by atoms with van der Waals surface area (Å²) in [5.41, 5.74) is 0. The summed E-state index contributed by atoms with van der Waals surface area (Å²) >= 11 is 0. The van der Waals surface area contributed by atoms with E-state index in [1.54, 1.807) is 6.92 Å². The summed E-state index contributed by atoms with van der Waals surface area (Å²) in [6, 6.07) is 0. The fourth-order valence-corrected chi connectivity index (χ4v) is 0.756. The monoisotopic (exact) mass is 219 g/mol. The zero-order valence-corrected chi connectivity index (χ0v) is 10.5. The molecule has 4 nitrogen and oxygen atoms in total. The quantitative estimate of drug-likeness (QED) is 0.669. The molecule has 0 aliphatic carbocycles. The number of carbonyl (C=O) groups is 1. The number of alkyl carbamates (subject to hydrolysis) is 1. The van der Waals surface area contributed by atoms with E-state index in [-0.39, 0.29) is 6.09 Å². The molecule has 0 radical (unpaired) electrons. The lowest BCUT2D eigenvalue weighted by Crippen LogP contribution is -2.27. The lowest BCUT2D eigenvalue weighted by atomic mass is 10.4. The van der Waals surface area contributed by atoms with Gasteiger partial charge in [-0.1, -0.05) is 27.2 Å². The standard InChI is InChI=1S/C9H19NO3.C2H6/c1-3-5-7-12-8-6-10-9(11)13-4-2;1-2/h3-8H2,1-2H3,(H,10,11);1-2H3. The minimum atomic E-state index is -0.374. The largest absolute Gasteiger partial charge is 0.450 e. The van der Waals surface area contributed by atoms with E-state index in [2.05, 4.69) is 17.0 Å². The normalized spacial score (nSPS) is 8.80. The Kier molecular flexibility index (Phi) is 17.4. The molecule has 0 heterocycles. The molecule has 15 heavy (non-hydrogen) atoms. The first-order valence-corrected chi connectivity index (χ1v) is 5.79. The minimum Gasteiger partial charge on any atom is -0.450 e. The van der Waals surface area contributed by atoms with Crippen LogP contribution in [0.1, 0.15) is 40.5 Å². The fraction of sp³-hybridized carbons (Fsp3) is 0.909. The first-order chi connectivity index (χ1) is 7.31. The van der Waals surface area contributed by atoms with Crippen molar-refractivity contribution in [3.8, 4) is 0 Å². The second-order valence-corrected chi connectivity index (χ2v) is 2.61. The van der Waals surface area contributed by atoms with Crippen LogP contribution in [0.25, 0.3) is 0 Å². The van der Waals surface area contributed by atoms with Crippen molar-refractivity contribution in [2.24, 2.45) is 0 Å². The maximum Gasteiger partial charge on any atom is 0.407 e. The Morgan fingerprint density at radius 1 is 1.20 bits per heavy atom. The third-order valence-electron chi connectivity index (χ3n) is 1.43. The lowest BCUT2D eigenvalue weighted by molar-refractivity contribution is 0.122. The number of hydrogen-bond acceptors (Lipinski definition) is 3. The predicted molar refractivity (Wildman–Crippen MR) is 62.1 cm³/mol. The fourth-order valence-electron chi connectivity index (χ4n) is 0.756. The molecule has 0 aromatic heterocycles. The molecule has 0 spiro atoms. The molecule has 1 N–H and O–H groups in total. The van der Waals surface area contributed by atoms with Gasteiger partial charge in [0.2, 0.25) is 0 Å². The molecule has 92 valence electrons. The van der Waals surface area contributed by atoms with Crippen LogP contribution >= 0.6 is 0 Å². The van der Waals surface area contributed by atoms with Gasteiger partial charge in [0.25, 0.3) is 0 Å². The highest BCUT2D eigenvalue weighted by Gasteiger charge is 1.97. The maximum atomic E-state index is 10.7. The second-order valence-electron chi connectivity index (χ2n) is 2.61. The van der Waals surface area contributed by atoms with E-state index in [0.717, 1.165) is 19.4 Å². The van der Waals surface area contributed by atoms with Crippen LogP contribution in [-0.4, -0.2) is 32.5 Å². The highest BCUT2D eigenvalue weighted by Crippen LogP contribution is 1.86. The van der Waals surface area contributed by atoms with Crippen molar-refractivity contribution < 1.29 is 14.3 Å². The van der Waals surface area contributed by atoms with Gasteiger partial charge in [0, 0.05) is 13.2 Å². The third kappa shape index (κ3) is 15.9. The van der Waals surface area contributed by atoms with Crippen LogP contribution in [0, 0.1) is 0 Å². The molecule has 1 amide bonds. The van der Waals surface area contributed by atoms with E-state index >= 15 is 0 Å². The molecule has 0 unspecified atom stereocenters. The molecule has 0 bridgehead atoms. The molecule has 0 fully saturated rings. The maximum absolute atomic E-state index is 10.7. The van der Waals surface area contributed by atoms with Gasteiger partial charge in [-0.05, 0) is 13.3 Å². The highest BCUT2D eigenvalue weighted by atomic mass is 16.5. The average molecular weight is 219 g/mol. The Morgan fingerprint density at radius 3 is 2.40 bits per heavy atom. The van der Waals surface area contributed by atoms with Crippen LogP contribution in [0.2, 0.25) is 0 Å². The zero-order chi connectivity index (χ0) is 11.9. The lowest BCUT2D eigenvalue weighted by Gasteiger charge is -2.05. The number of unbranched alkanes of at least 4 members (excludes halogenated alkanes) is 1. The Labute approximate surface area is 93.3 Å². The van der Waals surface area contributed by atoms with Crippen LogP contribution in [0.3, 0.4) is 0 Å². The molecule has 0 aromatic rings. The molecule has 0 aliphatic rings. The Morgan fingerprint density at radius 2 is 1.87 bits per heavy atom. The van der Waals surface area contributed by atoms with Crippen molar-refractivity contribution in [2.75, 3.05) is 26.4 Å². The molecule has 0 rings (SSSR count). The average Bonchev–Trinajstić information content (AvgIpc) is 2.26. The van der Waals surface area contributed by atoms with Crippen LogP contribution in [0.5, 0.6) is 0 Å². The van der Waals surface area contributed by atoms with Crippen molar-refractivity contribution in [3.05, 3.63) is 0 Å². The van der Waals surface area contributed by atoms with E-state index in [4.69, 9.17) is 4.74 Å². The van der Waals surface area contributed by atoms with E-state index < -0.39 is 0 Å². The number of amides is 1. The zero-order valence-electron chi connectivity index (χ0n) is 10.5. The highest BCUT2D eigenvalue weighted by molar-refractivity contribution is 5.66. The van der Waals surface area contributed by atoms with Crippen molar-refractivity contribution in [2.45, 2.75) is 40.5 Å². The van der Waals surface area contributed by atoms with Gasteiger partial charge < -0.3 is 14.8 Å².